The first-order chi connectivity index (χ1) is 12.7. The Balaban J connectivity index is 1.76. The molecule has 0 bridgehead atoms. The van der Waals surface area contributed by atoms with E-state index in [1.165, 1.54) is 0 Å². The zero-order chi connectivity index (χ0) is 18.4. The van der Waals surface area contributed by atoms with Gasteiger partial charge in [-0.3, -0.25) is 9.59 Å². The number of hydrogen-bond acceptors (Lipinski definition) is 3. The minimum absolute atomic E-state index is 0.0339. The van der Waals surface area contributed by atoms with Crippen LogP contribution >= 0.6 is 0 Å². The highest BCUT2D eigenvalue weighted by atomic mass is 16.2. The summed E-state index contributed by atoms with van der Waals surface area (Å²) in [6, 6.07) is 17.5. The van der Waals surface area contributed by atoms with Gasteiger partial charge in [-0.1, -0.05) is 30.3 Å². The number of nitrogens with one attached hydrogen (secondary N) is 1. The summed E-state index contributed by atoms with van der Waals surface area (Å²) < 4.78 is 0. The highest BCUT2D eigenvalue weighted by Gasteiger charge is 2.28. The van der Waals surface area contributed by atoms with Crippen LogP contribution in [0, 0.1) is 11.3 Å². The molecule has 2 aromatic carbocycles. The molecule has 1 saturated heterocycles. The average molecular weight is 347 g/mol. The molecule has 3 rings (SSSR count). The lowest BCUT2D eigenvalue weighted by Gasteiger charge is -2.24. The molecule has 1 atom stereocenters. The number of nitrogens with zero attached hydrogens (tertiary/aromatic N) is 2. The summed E-state index contributed by atoms with van der Waals surface area (Å²) in [5, 5.41) is 11.8. The van der Waals surface area contributed by atoms with Crippen molar-refractivity contribution < 1.29 is 9.59 Å². The molecular formula is C21H21N3O2. The summed E-state index contributed by atoms with van der Waals surface area (Å²) in [5.74, 6) is -0.337. The van der Waals surface area contributed by atoms with Crippen LogP contribution in [0.15, 0.2) is 54.6 Å². The molecule has 1 aliphatic heterocycles. The van der Waals surface area contributed by atoms with Crippen LogP contribution in [0.3, 0.4) is 0 Å². The minimum Gasteiger partial charge on any atom is -0.341 e. The predicted octanol–water partition coefficient (Wildman–Crippen LogP) is 2.52. The second-order valence-electron chi connectivity index (χ2n) is 6.44. The molecule has 5 heteroatoms. The van der Waals surface area contributed by atoms with Gasteiger partial charge in [0.1, 0.15) is 6.04 Å². The monoisotopic (exact) mass is 347 g/mol. The third kappa shape index (κ3) is 4.28. The van der Waals surface area contributed by atoms with Crippen LogP contribution in [0.4, 0.5) is 0 Å². The van der Waals surface area contributed by atoms with Gasteiger partial charge in [-0.2, -0.15) is 5.26 Å². The van der Waals surface area contributed by atoms with Gasteiger partial charge in [0.05, 0.1) is 11.6 Å². The quantitative estimate of drug-likeness (QED) is 0.903. The normalized spacial score (nSPS) is 14.5. The molecule has 1 fully saturated rings. The summed E-state index contributed by atoms with van der Waals surface area (Å²) >= 11 is 0. The molecule has 0 aliphatic carbocycles. The summed E-state index contributed by atoms with van der Waals surface area (Å²) in [6.07, 6.45) is 2.47. The molecule has 1 unspecified atom stereocenters. The lowest BCUT2D eigenvalue weighted by molar-refractivity contribution is -0.132. The van der Waals surface area contributed by atoms with Gasteiger partial charge in [-0.05, 0) is 42.7 Å². The molecule has 2 aromatic rings. The Hall–Kier alpha value is -3.13. The third-order valence-electron chi connectivity index (χ3n) is 4.58. The largest absolute Gasteiger partial charge is 0.341 e. The number of hydrogen-bond donors (Lipinski definition) is 1. The van der Waals surface area contributed by atoms with E-state index in [4.69, 9.17) is 5.26 Å². The van der Waals surface area contributed by atoms with Crippen LogP contribution in [0.1, 0.15) is 34.3 Å². The number of carbonyl (C=O) groups is 2. The Kier molecular flexibility index (Phi) is 5.65. The summed E-state index contributed by atoms with van der Waals surface area (Å²) in [6.45, 7) is 1.49. The summed E-state index contributed by atoms with van der Waals surface area (Å²) in [5.41, 5.74) is 1.94. The Morgan fingerprint density at radius 3 is 2.31 bits per heavy atom. The van der Waals surface area contributed by atoms with Gasteiger partial charge in [0.15, 0.2) is 0 Å². The van der Waals surface area contributed by atoms with Crippen molar-refractivity contribution in [2.75, 3.05) is 13.1 Å². The van der Waals surface area contributed by atoms with E-state index in [-0.39, 0.29) is 11.8 Å². The molecule has 1 N–H and O–H groups in total. The predicted molar refractivity (Wildman–Crippen MR) is 98.4 cm³/mol. The fourth-order valence-corrected chi connectivity index (χ4v) is 3.15. The van der Waals surface area contributed by atoms with Crippen LogP contribution in [0.2, 0.25) is 0 Å². The molecule has 0 spiro atoms. The van der Waals surface area contributed by atoms with Crippen molar-refractivity contribution in [3.63, 3.8) is 0 Å². The maximum Gasteiger partial charge on any atom is 0.251 e. The highest BCUT2D eigenvalue weighted by molar-refractivity contribution is 5.97. The SMILES string of the molecule is N#Cc1ccc(C(=O)NC(Cc2ccccc2)C(=O)N2CCCC2)cc1. The van der Waals surface area contributed by atoms with Crippen LogP contribution in [0.25, 0.3) is 0 Å². The maximum atomic E-state index is 12.9. The van der Waals surface area contributed by atoms with E-state index in [9.17, 15) is 9.59 Å². The molecule has 1 aliphatic rings. The molecular weight excluding hydrogens is 326 g/mol. The topological polar surface area (TPSA) is 73.2 Å². The van der Waals surface area contributed by atoms with Crippen molar-refractivity contribution in [1.29, 1.82) is 5.26 Å². The molecule has 5 nitrogen and oxygen atoms in total. The number of amides is 2. The van der Waals surface area contributed by atoms with Gasteiger partial charge in [0.25, 0.3) is 5.91 Å². The molecule has 132 valence electrons. The van der Waals surface area contributed by atoms with E-state index in [0.29, 0.717) is 17.5 Å². The molecule has 26 heavy (non-hydrogen) atoms. The standard InChI is InChI=1S/C21H21N3O2/c22-15-17-8-10-18(11-9-17)20(25)23-19(14-16-6-2-1-3-7-16)21(26)24-12-4-5-13-24/h1-3,6-11,19H,4-5,12-14H2,(H,23,25). The van der Waals surface area contributed by atoms with Crippen molar-refractivity contribution in [2.24, 2.45) is 0 Å². The van der Waals surface area contributed by atoms with Crippen LogP contribution < -0.4 is 5.32 Å². The van der Waals surface area contributed by atoms with Crippen molar-refractivity contribution >= 4 is 11.8 Å². The van der Waals surface area contributed by atoms with E-state index in [0.717, 1.165) is 31.5 Å². The van der Waals surface area contributed by atoms with Crippen LogP contribution in [-0.2, 0) is 11.2 Å². The Labute approximate surface area is 153 Å². The molecule has 1 heterocycles. The average Bonchev–Trinajstić information content (AvgIpc) is 3.22. The first-order valence-corrected chi connectivity index (χ1v) is 8.81. The molecule has 2 amide bonds. The van der Waals surface area contributed by atoms with Gasteiger partial charge >= 0.3 is 0 Å². The minimum atomic E-state index is -0.598. The fourth-order valence-electron chi connectivity index (χ4n) is 3.15. The lowest BCUT2D eigenvalue weighted by atomic mass is 10.0. The van der Waals surface area contributed by atoms with Gasteiger partial charge in [-0.15, -0.1) is 0 Å². The van der Waals surface area contributed by atoms with Crippen LogP contribution in [0.5, 0.6) is 0 Å². The van der Waals surface area contributed by atoms with E-state index >= 15 is 0 Å². The number of benzene rings is 2. The smallest absolute Gasteiger partial charge is 0.251 e. The van der Waals surface area contributed by atoms with E-state index < -0.39 is 6.04 Å². The van der Waals surface area contributed by atoms with Crippen molar-refractivity contribution in [1.82, 2.24) is 10.2 Å². The second kappa shape index (κ2) is 8.30. The first kappa shape index (κ1) is 17.7. The number of carbonyl (C=O) groups excluding carboxylic acids is 2. The Bertz CT molecular complexity index is 803. The number of likely N-dealkylation sites (tertiary alicyclic amines) is 1. The highest BCUT2D eigenvalue weighted by Crippen LogP contribution is 2.13. The third-order valence-corrected chi connectivity index (χ3v) is 4.58. The van der Waals surface area contributed by atoms with Gasteiger partial charge in [-0.25, -0.2) is 0 Å². The van der Waals surface area contributed by atoms with E-state index in [1.54, 1.807) is 24.3 Å². The fraction of sp³-hybridized carbons (Fsp3) is 0.286. The Morgan fingerprint density at radius 2 is 1.69 bits per heavy atom. The summed E-state index contributed by atoms with van der Waals surface area (Å²) in [7, 11) is 0. The molecule has 0 radical (unpaired) electrons. The van der Waals surface area contributed by atoms with Crippen LogP contribution in [-0.4, -0.2) is 35.8 Å². The summed E-state index contributed by atoms with van der Waals surface area (Å²) in [4.78, 5) is 27.3. The molecule has 0 aromatic heterocycles. The zero-order valence-electron chi connectivity index (χ0n) is 14.5. The molecule has 0 saturated carbocycles. The van der Waals surface area contributed by atoms with Crippen molar-refractivity contribution in [2.45, 2.75) is 25.3 Å². The maximum absolute atomic E-state index is 12.9. The lowest BCUT2D eigenvalue weighted by Crippen LogP contribution is -2.49. The zero-order valence-corrected chi connectivity index (χ0v) is 14.5. The first-order valence-electron chi connectivity index (χ1n) is 8.81. The van der Waals surface area contributed by atoms with E-state index in [2.05, 4.69) is 5.32 Å². The number of rotatable bonds is 5. The number of nitriles is 1. The second-order valence-corrected chi connectivity index (χ2v) is 6.44. The Morgan fingerprint density at radius 1 is 1.04 bits per heavy atom. The van der Waals surface area contributed by atoms with Gasteiger partial charge in [0, 0.05) is 25.1 Å². The van der Waals surface area contributed by atoms with Gasteiger partial charge < -0.3 is 10.2 Å². The van der Waals surface area contributed by atoms with Crippen molar-refractivity contribution in [3.05, 3.63) is 71.3 Å². The van der Waals surface area contributed by atoms with Crippen molar-refractivity contribution in [3.8, 4) is 6.07 Å². The van der Waals surface area contributed by atoms with E-state index in [1.807, 2.05) is 41.3 Å². The van der Waals surface area contributed by atoms with Gasteiger partial charge in [0.2, 0.25) is 5.91 Å².